The Morgan fingerprint density at radius 1 is 0.588 bits per heavy atom. The Morgan fingerprint density at radius 3 is 1.46 bits per heavy atom. The molecule has 348 valence electrons. The zero-order valence-electron chi connectivity index (χ0n) is 37.6. The van der Waals surface area contributed by atoms with Crippen molar-refractivity contribution in [3.8, 4) is 33.8 Å². The largest absolute Gasteiger partial charge is 0.489 e. The molecule has 0 saturated heterocycles. The molecule has 10 nitrogen and oxygen atoms in total. The van der Waals surface area contributed by atoms with E-state index in [1.165, 1.54) is 42.1 Å². The number of benzene rings is 6. The first kappa shape index (κ1) is 46.9. The molecule has 2 aromatic heterocycles. The maximum absolute atomic E-state index is 12.8. The van der Waals surface area contributed by atoms with Gasteiger partial charge in [0, 0.05) is 26.2 Å². The number of carboxylic acid groups (broad SMARTS) is 1. The summed E-state index contributed by atoms with van der Waals surface area (Å²) in [5, 5.41) is 11.5. The fourth-order valence-electron chi connectivity index (χ4n) is 8.97. The van der Waals surface area contributed by atoms with Crippen molar-refractivity contribution in [2.75, 3.05) is 14.1 Å². The molecule has 8 aromatic rings. The SMILES string of the molecule is CN(C)C(=O)c1cc(-c2cccc(COc3ccc4c(=O)n(C5CCCC5)sc4c3)c2)ccc1Cl.O=C(O)c1cc(-c2cccc(COc3ccc4c(=O)n(C5CCCC5)sc4c3)c2)ccc1Cl. The highest BCUT2D eigenvalue weighted by atomic mass is 35.5. The minimum Gasteiger partial charge on any atom is -0.489 e. The molecule has 2 heterocycles. The van der Waals surface area contributed by atoms with E-state index in [-0.39, 0.29) is 27.6 Å². The van der Waals surface area contributed by atoms with Crippen LogP contribution in [0.1, 0.15) is 95.3 Å². The van der Waals surface area contributed by atoms with Crippen LogP contribution in [0, 0.1) is 0 Å². The van der Waals surface area contributed by atoms with E-state index in [4.69, 9.17) is 32.7 Å². The van der Waals surface area contributed by atoms with Crippen LogP contribution >= 0.6 is 46.3 Å². The van der Waals surface area contributed by atoms with Crippen LogP contribution in [0.3, 0.4) is 0 Å². The maximum Gasteiger partial charge on any atom is 0.337 e. The van der Waals surface area contributed by atoms with Crippen molar-refractivity contribution in [1.82, 2.24) is 12.8 Å². The number of aromatic nitrogens is 2. The number of carbonyl (C=O) groups is 2. The van der Waals surface area contributed by atoms with Crippen LogP contribution in [0.4, 0.5) is 0 Å². The molecule has 2 aliphatic rings. The Labute approximate surface area is 411 Å². The van der Waals surface area contributed by atoms with Crippen LogP contribution in [-0.2, 0) is 13.2 Å². The van der Waals surface area contributed by atoms with Crippen molar-refractivity contribution in [3.05, 3.63) is 174 Å². The van der Waals surface area contributed by atoms with Gasteiger partial charge in [-0.3, -0.25) is 22.3 Å². The molecule has 2 fully saturated rings. The van der Waals surface area contributed by atoms with Crippen LogP contribution in [-0.4, -0.2) is 43.9 Å². The van der Waals surface area contributed by atoms with Crippen LogP contribution in [0.25, 0.3) is 42.4 Å². The maximum atomic E-state index is 12.8. The van der Waals surface area contributed by atoms with E-state index in [1.54, 1.807) is 49.9 Å². The van der Waals surface area contributed by atoms with E-state index in [9.17, 15) is 24.3 Å². The molecule has 0 atom stereocenters. The van der Waals surface area contributed by atoms with Gasteiger partial charge in [-0.15, -0.1) is 0 Å². The van der Waals surface area contributed by atoms with Crippen LogP contribution < -0.4 is 20.6 Å². The molecule has 0 aliphatic heterocycles. The van der Waals surface area contributed by atoms with Crippen molar-refractivity contribution in [3.63, 3.8) is 0 Å². The standard InChI is InChI=1S/C28H27ClN2O3S.C26H22ClNO4S/c1-30(2)27(32)24-15-20(10-13-25(24)29)19-7-5-6-18(14-19)17-34-22-11-12-23-26(16-22)35-31(28(23)33)21-8-3-4-9-21;27-23-11-8-18(13-22(23)26(30)31)17-5-3-4-16(12-17)15-32-20-9-10-21-24(14-20)33-28(25(21)29)19-6-1-2-7-19/h5-7,10-16,21H,3-4,8-9,17H2,1-2H3;3-5,8-14,19H,1-2,6-7,15H2,(H,30,31). The van der Waals surface area contributed by atoms with Gasteiger partial charge >= 0.3 is 5.97 Å². The first-order valence-corrected chi connectivity index (χ1v) is 25.0. The van der Waals surface area contributed by atoms with Gasteiger partial charge in [-0.05, 0) is 132 Å². The number of carbonyl (C=O) groups excluding carboxylic acids is 1. The number of hydrogen-bond donors (Lipinski definition) is 1. The molecule has 2 aliphatic carbocycles. The van der Waals surface area contributed by atoms with E-state index in [2.05, 4.69) is 6.07 Å². The minimum atomic E-state index is -1.05. The van der Waals surface area contributed by atoms with E-state index in [0.717, 1.165) is 85.0 Å². The summed E-state index contributed by atoms with van der Waals surface area (Å²) in [4.78, 5) is 50.9. The Balaban J connectivity index is 0.000000170. The van der Waals surface area contributed by atoms with E-state index in [0.29, 0.717) is 41.6 Å². The molecule has 10 rings (SSSR count). The highest BCUT2D eigenvalue weighted by molar-refractivity contribution is 7.14. The molecule has 0 bridgehead atoms. The lowest BCUT2D eigenvalue weighted by atomic mass is 10.0. The zero-order chi connectivity index (χ0) is 47.5. The van der Waals surface area contributed by atoms with Gasteiger partial charge in [0.25, 0.3) is 17.0 Å². The second-order valence-electron chi connectivity index (χ2n) is 17.5. The van der Waals surface area contributed by atoms with Gasteiger partial charge in [0.15, 0.2) is 0 Å². The van der Waals surface area contributed by atoms with Crippen molar-refractivity contribution in [2.24, 2.45) is 0 Å². The van der Waals surface area contributed by atoms with Crippen LogP contribution in [0.15, 0.2) is 131 Å². The Kier molecular flexibility index (Phi) is 14.2. The number of amides is 1. The third-order valence-corrected chi connectivity index (χ3v) is 15.7. The first-order chi connectivity index (χ1) is 32.9. The molecule has 0 unspecified atom stereocenters. The summed E-state index contributed by atoms with van der Waals surface area (Å²) in [7, 11) is 3.42. The first-order valence-electron chi connectivity index (χ1n) is 22.7. The van der Waals surface area contributed by atoms with Gasteiger partial charge < -0.3 is 19.5 Å². The van der Waals surface area contributed by atoms with Crippen molar-refractivity contribution < 1.29 is 24.2 Å². The predicted octanol–water partition coefficient (Wildman–Crippen LogP) is 13.6. The molecular formula is C54H49Cl2N3O7S2. The topological polar surface area (TPSA) is 120 Å². The number of rotatable bonds is 12. The third-order valence-electron chi connectivity index (χ3n) is 12.6. The summed E-state index contributed by atoms with van der Waals surface area (Å²) >= 11 is 15.3. The van der Waals surface area contributed by atoms with Crippen molar-refractivity contribution in [2.45, 2.75) is 76.7 Å². The van der Waals surface area contributed by atoms with Crippen molar-refractivity contribution >= 4 is 78.3 Å². The molecule has 1 amide bonds. The lowest BCUT2D eigenvalue weighted by Gasteiger charge is -2.13. The Hall–Kier alpha value is -6.18. The van der Waals surface area contributed by atoms with Gasteiger partial charge in [0.1, 0.15) is 24.7 Å². The van der Waals surface area contributed by atoms with E-state index in [1.807, 2.05) is 98.9 Å². The van der Waals surface area contributed by atoms with Gasteiger partial charge in [0.05, 0.1) is 41.3 Å². The minimum absolute atomic E-state index is 0.0765. The summed E-state index contributed by atoms with van der Waals surface area (Å²) in [6.07, 6.45) is 9.10. The molecule has 14 heteroatoms. The average molecular weight is 987 g/mol. The molecule has 2 saturated carbocycles. The second kappa shape index (κ2) is 20.6. The second-order valence-corrected chi connectivity index (χ2v) is 20.4. The molecule has 1 N–H and O–H groups in total. The lowest BCUT2D eigenvalue weighted by Crippen LogP contribution is -2.22. The Bertz CT molecular complexity index is 3290. The smallest absolute Gasteiger partial charge is 0.337 e. The highest BCUT2D eigenvalue weighted by Gasteiger charge is 2.23. The fourth-order valence-corrected chi connectivity index (χ4v) is 11.7. The summed E-state index contributed by atoms with van der Waals surface area (Å²) in [6.45, 7) is 0.756. The van der Waals surface area contributed by atoms with Gasteiger partial charge in [-0.25, -0.2) is 4.79 Å². The molecule has 0 radical (unpaired) electrons. The quantitative estimate of drug-likeness (QED) is 0.129. The summed E-state index contributed by atoms with van der Waals surface area (Å²) in [5.74, 6) is 0.275. The number of ether oxygens (including phenoxy) is 2. The molecular weight excluding hydrogens is 938 g/mol. The van der Waals surface area contributed by atoms with Gasteiger partial charge in [-0.2, -0.15) is 0 Å². The zero-order valence-corrected chi connectivity index (χ0v) is 40.7. The van der Waals surface area contributed by atoms with E-state index < -0.39 is 5.97 Å². The number of halogens is 2. The van der Waals surface area contributed by atoms with Gasteiger partial charge in [-0.1, -0.05) is 120 Å². The summed E-state index contributed by atoms with van der Waals surface area (Å²) in [6, 6.07) is 38.3. The monoisotopic (exact) mass is 985 g/mol. The number of fused-ring (bicyclic) bond motifs is 2. The van der Waals surface area contributed by atoms with Crippen LogP contribution in [0.2, 0.25) is 10.0 Å². The number of nitrogens with zero attached hydrogens (tertiary/aromatic N) is 3. The lowest BCUT2D eigenvalue weighted by molar-refractivity contribution is 0.0696. The normalized spacial score (nSPS) is 14.0. The predicted molar refractivity (Wildman–Crippen MR) is 275 cm³/mol. The fraction of sp³-hybridized carbons (Fsp3) is 0.259. The van der Waals surface area contributed by atoms with E-state index >= 15 is 0 Å². The molecule has 68 heavy (non-hydrogen) atoms. The third kappa shape index (κ3) is 10.3. The number of aromatic carboxylic acids is 1. The summed E-state index contributed by atoms with van der Waals surface area (Å²) < 4.78 is 17.9. The number of hydrogen-bond acceptors (Lipinski definition) is 8. The van der Waals surface area contributed by atoms with Crippen molar-refractivity contribution in [1.29, 1.82) is 0 Å². The summed E-state index contributed by atoms with van der Waals surface area (Å²) in [5.41, 5.74) is 6.30. The molecule has 6 aromatic carbocycles. The Morgan fingerprint density at radius 2 is 1.01 bits per heavy atom. The number of carboxylic acids is 1. The average Bonchev–Trinajstić information content (AvgIpc) is 4.19. The van der Waals surface area contributed by atoms with Gasteiger partial charge in [0.2, 0.25) is 0 Å². The molecule has 0 spiro atoms. The van der Waals surface area contributed by atoms with Crippen LogP contribution in [0.5, 0.6) is 11.5 Å². The highest BCUT2D eigenvalue weighted by Crippen LogP contribution is 2.35.